The van der Waals surface area contributed by atoms with E-state index >= 15 is 0 Å². The van der Waals surface area contributed by atoms with Crippen molar-refractivity contribution in [1.82, 2.24) is 20.3 Å². The van der Waals surface area contributed by atoms with E-state index in [1.165, 1.54) is 0 Å². The van der Waals surface area contributed by atoms with E-state index in [-0.39, 0.29) is 12.5 Å². The maximum Gasteiger partial charge on any atom is 0.254 e. The van der Waals surface area contributed by atoms with Crippen molar-refractivity contribution >= 4 is 28.3 Å². The van der Waals surface area contributed by atoms with Crippen LogP contribution in [-0.4, -0.2) is 34.5 Å². The van der Waals surface area contributed by atoms with Crippen LogP contribution in [0.2, 0.25) is 0 Å². The minimum Gasteiger partial charge on any atom is -0.497 e. The van der Waals surface area contributed by atoms with Crippen LogP contribution in [0.15, 0.2) is 67.0 Å². The molecule has 152 valence electrons. The number of anilines is 2. The molecule has 4 rings (SSSR count). The molecule has 0 atom stereocenters. The molecule has 7 heteroatoms. The number of hydrogen-bond acceptors (Lipinski definition) is 6. The van der Waals surface area contributed by atoms with E-state index in [4.69, 9.17) is 16.1 Å². The molecule has 2 heterocycles. The molecule has 0 radical (unpaired) electrons. The first kappa shape index (κ1) is 19.9. The fourth-order valence-electron chi connectivity index (χ4n) is 3.10. The molecule has 0 unspecified atom stereocenters. The number of fused-ring (bicyclic) bond motifs is 1. The average molecular weight is 409 g/mol. The number of carbonyl (C=O) groups is 1. The second-order valence-electron chi connectivity index (χ2n) is 6.58. The maximum absolute atomic E-state index is 12.6. The summed E-state index contributed by atoms with van der Waals surface area (Å²) in [6.07, 6.45) is 8.66. The van der Waals surface area contributed by atoms with E-state index in [1.54, 1.807) is 31.6 Å². The molecule has 0 aliphatic carbocycles. The average Bonchev–Trinajstić information content (AvgIpc) is 2.83. The number of ether oxygens (including phenoxy) is 1. The van der Waals surface area contributed by atoms with Gasteiger partial charge in [0.2, 0.25) is 0 Å². The Kier molecular flexibility index (Phi) is 5.72. The van der Waals surface area contributed by atoms with Crippen LogP contribution in [0.25, 0.3) is 22.3 Å². The lowest BCUT2D eigenvalue weighted by molar-refractivity contribution is 0.0959. The second-order valence-corrected chi connectivity index (χ2v) is 6.58. The number of amides is 1. The third-order valence-electron chi connectivity index (χ3n) is 4.60. The van der Waals surface area contributed by atoms with Gasteiger partial charge < -0.3 is 15.4 Å². The molecule has 0 saturated heterocycles. The lowest BCUT2D eigenvalue weighted by Crippen LogP contribution is -2.24. The van der Waals surface area contributed by atoms with Crippen molar-refractivity contribution in [3.05, 3.63) is 72.6 Å². The van der Waals surface area contributed by atoms with E-state index in [2.05, 4.69) is 26.5 Å². The number of nitrogens with one attached hydrogen (secondary N) is 2. The molecule has 0 aliphatic heterocycles. The molecule has 1 amide bonds. The van der Waals surface area contributed by atoms with Crippen LogP contribution in [0.1, 0.15) is 10.4 Å². The summed E-state index contributed by atoms with van der Waals surface area (Å²) in [6.45, 7) is 0.145. The van der Waals surface area contributed by atoms with Gasteiger partial charge in [0.15, 0.2) is 5.82 Å². The number of methoxy groups -OCH3 is 1. The quantitative estimate of drug-likeness (QED) is 0.471. The van der Waals surface area contributed by atoms with Crippen molar-refractivity contribution in [3.8, 4) is 29.5 Å². The van der Waals surface area contributed by atoms with Crippen LogP contribution in [0.5, 0.6) is 5.75 Å². The van der Waals surface area contributed by atoms with Crippen molar-refractivity contribution in [3.63, 3.8) is 0 Å². The summed E-state index contributed by atoms with van der Waals surface area (Å²) in [4.78, 5) is 26.1. The number of para-hydroxylation sites is 1. The third kappa shape index (κ3) is 4.28. The fraction of sp³-hybridized carbons (Fsp3) is 0.0833. The summed E-state index contributed by atoms with van der Waals surface area (Å²) in [5.74, 6) is 3.87. The molecule has 7 nitrogen and oxygen atoms in total. The molecular formula is C24H19N5O2. The number of pyridine rings is 1. The highest BCUT2D eigenvalue weighted by molar-refractivity contribution is 6.02. The maximum atomic E-state index is 12.6. The molecule has 0 spiro atoms. The van der Waals surface area contributed by atoms with Crippen LogP contribution in [-0.2, 0) is 0 Å². The van der Waals surface area contributed by atoms with E-state index in [0.717, 1.165) is 16.5 Å². The van der Waals surface area contributed by atoms with Crippen LogP contribution in [0, 0.1) is 12.3 Å². The van der Waals surface area contributed by atoms with Gasteiger partial charge in [0.1, 0.15) is 11.6 Å². The van der Waals surface area contributed by atoms with Gasteiger partial charge in [-0.2, -0.15) is 0 Å². The van der Waals surface area contributed by atoms with Crippen molar-refractivity contribution in [2.24, 2.45) is 0 Å². The zero-order chi connectivity index (χ0) is 21.6. The summed E-state index contributed by atoms with van der Waals surface area (Å²) >= 11 is 0. The van der Waals surface area contributed by atoms with Gasteiger partial charge in [0.05, 0.1) is 30.4 Å². The SMILES string of the molecule is C#CCNC(=O)c1ccccc1Nc1nc(-c2cccnc2)nc2ccc(OC)cc12. The molecule has 2 aromatic heterocycles. The van der Waals surface area contributed by atoms with Gasteiger partial charge in [-0.3, -0.25) is 9.78 Å². The molecule has 0 bridgehead atoms. The number of nitrogens with zero attached hydrogens (tertiary/aromatic N) is 3. The van der Waals surface area contributed by atoms with Gasteiger partial charge >= 0.3 is 0 Å². The molecule has 0 aliphatic rings. The van der Waals surface area contributed by atoms with Crippen molar-refractivity contribution in [1.29, 1.82) is 0 Å². The normalized spacial score (nSPS) is 10.3. The van der Waals surface area contributed by atoms with Gasteiger partial charge in [-0.05, 0) is 42.5 Å². The van der Waals surface area contributed by atoms with Crippen molar-refractivity contribution in [2.75, 3.05) is 19.0 Å². The molecule has 2 aromatic carbocycles. The summed E-state index contributed by atoms with van der Waals surface area (Å²) in [5.41, 5.74) is 2.56. The minimum atomic E-state index is -0.274. The lowest BCUT2D eigenvalue weighted by atomic mass is 10.1. The highest BCUT2D eigenvalue weighted by Gasteiger charge is 2.15. The standard InChI is InChI=1S/C24H19N5O2/c1-3-12-26-24(30)18-8-4-5-9-20(18)28-23-19-14-17(31-2)10-11-21(19)27-22(29-23)16-7-6-13-25-15-16/h1,4-11,13-15H,12H2,2H3,(H,26,30)(H,27,28,29). The van der Waals surface area contributed by atoms with Gasteiger partial charge in [0.25, 0.3) is 5.91 Å². The summed E-state index contributed by atoms with van der Waals surface area (Å²) in [6, 6.07) is 16.4. The number of carbonyl (C=O) groups excluding carboxylic acids is 1. The van der Waals surface area contributed by atoms with Gasteiger partial charge in [-0.15, -0.1) is 6.42 Å². The Bertz CT molecular complexity index is 1280. The Morgan fingerprint density at radius 1 is 1.13 bits per heavy atom. The van der Waals surface area contributed by atoms with Crippen molar-refractivity contribution < 1.29 is 9.53 Å². The Morgan fingerprint density at radius 2 is 2.00 bits per heavy atom. The largest absolute Gasteiger partial charge is 0.497 e. The molecule has 0 saturated carbocycles. The smallest absolute Gasteiger partial charge is 0.254 e. The number of rotatable bonds is 6. The highest BCUT2D eigenvalue weighted by atomic mass is 16.5. The molecule has 4 aromatic rings. The molecular weight excluding hydrogens is 390 g/mol. The zero-order valence-corrected chi connectivity index (χ0v) is 16.8. The summed E-state index contributed by atoms with van der Waals surface area (Å²) in [7, 11) is 1.60. The number of benzene rings is 2. The van der Waals surface area contributed by atoms with Crippen LogP contribution >= 0.6 is 0 Å². The topological polar surface area (TPSA) is 89.0 Å². The van der Waals surface area contributed by atoms with Crippen molar-refractivity contribution in [2.45, 2.75) is 0 Å². The van der Waals surface area contributed by atoms with Gasteiger partial charge in [-0.1, -0.05) is 18.1 Å². The van der Waals surface area contributed by atoms with E-state index in [0.29, 0.717) is 28.6 Å². The Morgan fingerprint density at radius 3 is 2.77 bits per heavy atom. The van der Waals surface area contributed by atoms with Gasteiger partial charge in [0, 0.05) is 23.3 Å². The first-order valence-corrected chi connectivity index (χ1v) is 9.53. The molecule has 31 heavy (non-hydrogen) atoms. The molecule has 0 fully saturated rings. The number of hydrogen-bond donors (Lipinski definition) is 2. The van der Waals surface area contributed by atoms with E-state index in [9.17, 15) is 4.79 Å². The minimum absolute atomic E-state index is 0.145. The van der Waals surface area contributed by atoms with Crippen LogP contribution in [0.3, 0.4) is 0 Å². The van der Waals surface area contributed by atoms with Crippen LogP contribution < -0.4 is 15.4 Å². The predicted molar refractivity (Wildman–Crippen MR) is 120 cm³/mol. The Balaban J connectivity index is 1.83. The first-order chi connectivity index (χ1) is 15.2. The number of aromatic nitrogens is 3. The lowest BCUT2D eigenvalue weighted by Gasteiger charge is -2.14. The molecule has 2 N–H and O–H groups in total. The van der Waals surface area contributed by atoms with E-state index in [1.807, 2.05) is 42.5 Å². The highest BCUT2D eigenvalue weighted by Crippen LogP contribution is 2.30. The monoisotopic (exact) mass is 409 g/mol. The third-order valence-corrected chi connectivity index (χ3v) is 4.60. The van der Waals surface area contributed by atoms with Crippen LogP contribution in [0.4, 0.5) is 11.5 Å². The fourth-order valence-corrected chi connectivity index (χ4v) is 3.10. The Labute approximate surface area is 179 Å². The summed E-state index contributed by atoms with van der Waals surface area (Å²) < 4.78 is 5.37. The first-order valence-electron chi connectivity index (χ1n) is 9.53. The van der Waals surface area contributed by atoms with Gasteiger partial charge in [-0.25, -0.2) is 9.97 Å². The Hall–Kier alpha value is -4.44. The summed E-state index contributed by atoms with van der Waals surface area (Å²) in [5, 5.41) is 6.74. The second kappa shape index (κ2) is 8.93. The number of terminal acetylenes is 1. The van der Waals surface area contributed by atoms with E-state index < -0.39 is 0 Å². The zero-order valence-electron chi connectivity index (χ0n) is 16.8. The predicted octanol–water partition coefficient (Wildman–Crippen LogP) is 3.81.